The highest BCUT2D eigenvalue weighted by Crippen LogP contribution is 2.44. The van der Waals surface area contributed by atoms with E-state index in [9.17, 15) is 31.5 Å². The van der Waals surface area contributed by atoms with Crippen molar-refractivity contribution in [2.75, 3.05) is 18.6 Å². The minimum absolute atomic E-state index is 0.176. The Morgan fingerprint density at radius 1 is 1.25 bits per heavy atom. The zero-order valence-corrected chi connectivity index (χ0v) is 16.2. The summed E-state index contributed by atoms with van der Waals surface area (Å²) < 4.78 is 71.1. The molecule has 0 saturated heterocycles. The quantitative estimate of drug-likeness (QED) is 0.592. The van der Waals surface area contributed by atoms with Gasteiger partial charge >= 0.3 is 12.1 Å². The Labute approximate surface area is 176 Å². The summed E-state index contributed by atoms with van der Waals surface area (Å²) in [7, 11) is 1.48. The number of nitrogens with one attached hydrogen (secondary N) is 2. The van der Waals surface area contributed by atoms with Crippen LogP contribution >= 0.6 is 0 Å². The first-order valence-corrected chi connectivity index (χ1v) is 9.10. The number of hydrogen-bond donors (Lipinski definition) is 2. The average molecular weight is 455 g/mol. The van der Waals surface area contributed by atoms with Crippen LogP contribution in [0, 0.1) is 0 Å². The monoisotopic (exact) mass is 455 g/mol. The highest BCUT2D eigenvalue weighted by molar-refractivity contribution is 6.07. The molecule has 32 heavy (non-hydrogen) atoms. The molecule has 2 amide bonds. The molecule has 4 rings (SSSR count). The van der Waals surface area contributed by atoms with Crippen molar-refractivity contribution in [2.24, 2.45) is 0 Å². The molecule has 0 spiro atoms. The van der Waals surface area contributed by atoms with E-state index in [0.717, 1.165) is 0 Å². The van der Waals surface area contributed by atoms with Gasteiger partial charge in [0.2, 0.25) is 0 Å². The van der Waals surface area contributed by atoms with Crippen LogP contribution < -0.4 is 15.0 Å². The zero-order chi connectivity index (χ0) is 23.3. The second kappa shape index (κ2) is 7.43. The molecule has 1 aliphatic rings. The van der Waals surface area contributed by atoms with Gasteiger partial charge in [-0.1, -0.05) is 12.1 Å². The van der Waals surface area contributed by atoms with E-state index in [-0.39, 0.29) is 17.6 Å². The van der Waals surface area contributed by atoms with E-state index in [4.69, 9.17) is 4.74 Å². The second-order valence-electron chi connectivity index (χ2n) is 6.97. The van der Waals surface area contributed by atoms with Gasteiger partial charge in [-0.15, -0.1) is 0 Å². The number of fused-ring (bicyclic) bond motifs is 2. The molecule has 1 aliphatic heterocycles. The largest absolute Gasteiger partial charge is 0.489 e. The van der Waals surface area contributed by atoms with Crippen molar-refractivity contribution in [1.82, 2.24) is 20.5 Å². The Bertz CT molecular complexity index is 1210. The highest BCUT2D eigenvalue weighted by atomic mass is 19.4. The Balaban J connectivity index is 1.62. The van der Waals surface area contributed by atoms with Crippen LogP contribution in [0.5, 0.6) is 5.75 Å². The molecular weight excluding hydrogens is 441 g/mol. The fourth-order valence-corrected chi connectivity index (χ4v) is 3.20. The smallest absolute Gasteiger partial charge is 0.458 e. The number of pyridine rings is 1. The number of amides is 2. The third-order valence-electron chi connectivity index (χ3n) is 4.92. The third kappa shape index (κ3) is 3.48. The number of aromatic amines is 1. The maximum Gasteiger partial charge on any atom is 0.458 e. The SMILES string of the molecule is CN1C(=O)[C@@H](NC(=O)c2n[nH]c3ncc(C(F)(F)C(F)(F)F)cc23)COc2ccccc21. The normalized spacial score (nSPS) is 17.0. The number of rotatable bonds is 3. The molecule has 0 unspecified atom stereocenters. The first kappa shape index (κ1) is 21.5. The molecule has 3 aromatic rings. The number of alkyl halides is 5. The first-order valence-electron chi connectivity index (χ1n) is 9.10. The van der Waals surface area contributed by atoms with E-state index in [1.54, 1.807) is 24.3 Å². The fraction of sp³-hybridized carbons (Fsp3) is 0.263. The van der Waals surface area contributed by atoms with E-state index in [1.165, 1.54) is 11.9 Å². The number of para-hydroxylation sites is 2. The highest BCUT2D eigenvalue weighted by Gasteiger charge is 2.59. The van der Waals surface area contributed by atoms with Gasteiger partial charge in [-0.3, -0.25) is 14.7 Å². The summed E-state index contributed by atoms with van der Waals surface area (Å²) in [6.45, 7) is -0.232. The van der Waals surface area contributed by atoms with Crippen LogP contribution in [-0.4, -0.2) is 52.9 Å². The summed E-state index contributed by atoms with van der Waals surface area (Å²) in [6.07, 6.45) is -5.50. The van der Waals surface area contributed by atoms with E-state index in [0.29, 0.717) is 23.7 Å². The van der Waals surface area contributed by atoms with Crippen molar-refractivity contribution >= 4 is 28.5 Å². The molecule has 2 N–H and O–H groups in total. The predicted octanol–water partition coefficient (Wildman–Crippen LogP) is 2.77. The van der Waals surface area contributed by atoms with E-state index < -0.39 is 41.2 Å². The lowest BCUT2D eigenvalue weighted by molar-refractivity contribution is -0.289. The van der Waals surface area contributed by atoms with Crippen molar-refractivity contribution in [3.05, 3.63) is 47.8 Å². The number of aromatic nitrogens is 3. The molecule has 1 atom stereocenters. The molecule has 0 bridgehead atoms. The van der Waals surface area contributed by atoms with Gasteiger partial charge in [0.15, 0.2) is 11.3 Å². The Morgan fingerprint density at radius 3 is 2.69 bits per heavy atom. The van der Waals surface area contributed by atoms with Crippen molar-refractivity contribution in [3.63, 3.8) is 0 Å². The fourth-order valence-electron chi connectivity index (χ4n) is 3.20. The van der Waals surface area contributed by atoms with Gasteiger partial charge in [0.05, 0.1) is 11.1 Å². The molecule has 0 fully saturated rings. The zero-order valence-electron chi connectivity index (χ0n) is 16.2. The minimum atomic E-state index is -5.85. The van der Waals surface area contributed by atoms with E-state index >= 15 is 0 Å². The number of hydrogen-bond acceptors (Lipinski definition) is 5. The number of benzene rings is 1. The Hall–Kier alpha value is -3.77. The topological polar surface area (TPSA) is 100 Å². The number of anilines is 1. The standard InChI is InChI=1S/C19H14F5N5O3/c1-29-12-4-2-3-5-13(12)32-8-11(17(29)31)26-16(30)14-10-6-9(7-25-15(10)28-27-14)18(20,21)19(22,23)24/h2-7,11H,8H2,1H3,(H,26,30)(H,25,27,28)/t11-/m0/s1. The van der Waals surface area contributed by atoms with Gasteiger partial charge in [-0.05, 0) is 18.2 Å². The molecule has 0 aliphatic carbocycles. The number of carbonyl (C=O) groups excluding carboxylic acids is 2. The average Bonchev–Trinajstić information content (AvgIpc) is 3.13. The minimum Gasteiger partial charge on any atom is -0.489 e. The number of likely N-dealkylation sites (N-methyl/N-ethyl adjacent to an activating group) is 1. The molecule has 8 nitrogen and oxygen atoms in total. The lowest BCUT2D eigenvalue weighted by Gasteiger charge is -2.20. The number of H-pyrrole nitrogens is 1. The van der Waals surface area contributed by atoms with Gasteiger partial charge in [-0.25, -0.2) is 4.98 Å². The lowest BCUT2D eigenvalue weighted by atomic mass is 10.1. The Kier molecular flexibility index (Phi) is 4.98. The van der Waals surface area contributed by atoms with E-state index in [1.807, 2.05) is 0 Å². The maximum absolute atomic E-state index is 13.7. The van der Waals surface area contributed by atoms with Crippen LogP contribution in [0.15, 0.2) is 36.5 Å². The molecule has 0 radical (unpaired) electrons. The van der Waals surface area contributed by atoms with Crippen LogP contribution in [0.1, 0.15) is 16.1 Å². The maximum atomic E-state index is 13.7. The summed E-state index contributed by atoms with van der Waals surface area (Å²) in [5, 5.41) is 7.98. The van der Waals surface area contributed by atoms with Crippen molar-refractivity contribution in [1.29, 1.82) is 0 Å². The molecule has 1 aromatic carbocycles. The van der Waals surface area contributed by atoms with Gasteiger partial charge < -0.3 is 15.0 Å². The van der Waals surface area contributed by atoms with Crippen LogP contribution in [-0.2, 0) is 10.7 Å². The molecule has 168 valence electrons. The molecule has 13 heteroatoms. The van der Waals surface area contributed by atoms with E-state index in [2.05, 4.69) is 20.5 Å². The Morgan fingerprint density at radius 2 is 1.97 bits per heavy atom. The summed E-state index contributed by atoms with van der Waals surface area (Å²) >= 11 is 0. The number of carbonyl (C=O) groups is 2. The molecule has 3 heterocycles. The number of halogens is 5. The second-order valence-corrected chi connectivity index (χ2v) is 6.97. The number of nitrogens with zero attached hydrogens (tertiary/aromatic N) is 3. The van der Waals surface area contributed by atoms with Gasteiger partial charge in [0.25, 0.3) is 11.8 Å². The molecular formula is C19H14F5N5O3. The summed E-state index contributed by atoms with van der Waals surface area (Å²) in [5.41, 5.74) is -1.64. The van der Waals surface area contributed by atoms with Crippen molar-refractivity contribution in [3.8, 4) is 5.75 Å². The summed E-state index contributed by atoms with van der Waals surface area (Å²) in [4.78, 5) is 30.2. The summed E-state index contributed by atoms with van der Waals surface area (Å²) in [6, 6.07) is 6.00. The van der Waals surface area contributed by atoms with Crippen LogP contribution in [0.2, 0.25) is 0 Å². The lowest BCUT2D eigenvalue weighted by Crippen LogP contribution is -2.49. The van der Waals surface area contributed by atoms with Crippen molar-refractivity contribution in [2.45, 2.75) is 18.1 Å². The number of ether oxygens (including phenoxy) is 1. The molecule has 2 aromatic heterocycles. The third-order valence-corrected chi connectivity index (χ3v) is 4.92. The predicted molar refractivity (Wildman–Crippen MR) is 100 cm³/mol. The van der Waals surface area contributed by atoms with Crippen LogP contribution in [0.25, 0.3) is 11.0 Å². The van der Waals surface area contributed by atoms with Crippen LogP contribution in [0.3, 0.4) is 0 Å². The van der Waals surface area contributed by atoms with Gasteiger partial charge in [0, 0.05) is 18.8 Å². The van der Waals surface area contributed by atoms with Gasteiger partial charge in [0.1, 0.15) is 18.4 Å². The first-order chi connectivity index (χ1) is 15.0. The summed E-state index contributed by atoms with van der Waals surface area (Å²) in [5.74, 6) is -6.27. The van der Waals surface area contributed by atoms with Crippen LogP contribution in [0.4, 0.5) is 27.6 Å². The molecule has 0 saturated carbocycles. The van der Waals surface area contributed by atoms with Crippen molar-refractivity contribution < 1.29 is 36.3 Å². The van der Waals surface area contributed by atoms with Gasteiger partial charge in [-0.2, -0.15) is 27.1 Å².